The molecule has 4 heteroatoms. The Hall–Kier alpha value is -2.07. The number of hydrogen-bond acceptors (Lipinski definition) is 2. The molecule has 0 unspecified atom stereocenters. The van der Waals surface area contributed by atoms with Crippen molar-refractivity contribution in [3.05, 3.63) is 53.7 Å². The Bertz CT molecular complexity index is 678. The summed E-state index contributed by atoms with van der Waals surface area (Å²) < 4.78 is 1.97. The summed E-state index contributed by atoms with van der Waals surface area (Å²) in [4.78, 5) is 7.66. The molecule has 4 nitrogen and oxygen atoms in total. The van der Waals surface area contributed by atoms with E-state index in [1.54, 1.807) is 0 Å². The predicted molar refractivity (Wildman–Crippen MR) is 72.2 cm³/mol. The average molecular weight is 240 g/mol. The molecule has 0 amide bonds. The third-order valence-electron chi connectivity index (χ3n) is 3.20. The van der Waals surface area contributed by atoms with Gasteiger partial charge in [-0.15, -0.1) is 0 Å². The van der Waals surface area contributed by atoms with Gasteiger partial charge in [-0.25, -0.2) is 4.98 Å². The van der Waals surface area contributed by atoms with Gasteiger partial charge in [0.25, 0.3) is 0 Å². The second-order valence-electron chi connectivity index (χ2n) is 4.61. The van der Waals surface area contributed by atoms with E-state index < -0.39 is 0 Å². The van der Waals surface area contributed by atoms with Crippen molar-refractivity contribution >= 4 is 10.9 Å². The van der Waals surface area contributed by atoms with Crippen molar-refractivity contribution in [1.29, 1.82) is 0 Å². The molecule has 3 N–H and O–H groups in total. The van der Waals surface area contributed by atoms with Crippen molar-refractivity contribution in [3.63, 3.8) is 0 Å². The van der Waals surface area contributed by atoms with Crippen molar-refractivity contribution in [2.24, 2.45) is 12.8 Å². The van der Waals surface area contributed by atoms with Gasteiger partial charge in [-0.2, -0.15) is 0 Å². The van der Waals surface area contributed by atoms with Crippen LogP contribution in [-0.2, 0) is 20.0 Å². The summed E-state index contributed by atoms with van der Waals surface area (Å²) in [6.07, 6.45) is 6.78. The van der Waals surface area contributed by atoms with E-state index in [9.17, 15) is 0 Å². The summed E-state index contributed by atoms with van der Waals surface area (Å²) in [5.41, 5.74) is 10.3. The highest BCUT2D eigenvalue weighted by Gasteiger charge is 2.06. The molecule has 0 aliphatic carbocycles. The molecule has 2 aromatic heterocycles. The standard InChI is InChI=1S/C14H16N4/c1-18-8-12(17-9-18)5-11-7-16-14-4-10(6-15)2-3-13(11)14/h2-4,7-9,16H,5-6,15H2,1H3. The molecule has 92 valence electrons. The Balaban J connectivity index is 1.97. The molecular weight excluding hydrogens is 224 g/mol. The van der Waals surface area contributed by atoms with Crippen molar-refractivity contribution in [2.75, 3.05) is 0 Å². The zero-order valence-corrected chi connectivity index (χ0v) is 10.4. The van der Waals surface area contributed by atoms with E-state index >= 15 is 0 Å². The lowest BCUT2D eigenvalue weighted by molar-refractivity contribution is 0.912. The Kier molecular flexibility index (Phi) is 2.64. The molecule has 0 bridgehead atoms. The van der Waals surface area contributed by atoms with E-state index in [0.717, 1.165) is 23.2 Å². The number of nitrogens with two attached hydrogens (primary N) is 1. The van der Waals surface area contributed by atoms with E-state index in [-0.39, 0.29) is 0 Å². The average Bonchev–Trinajstić information content (AvgIpc) is 2.96. The number of aromatic amines is 1. The molecule has 0 saturated heterocycles. The molecule has 18 heavy (non-hydrogen) atoms. The lowest BCUT2D eigenvalue weighted by Crippen LogP contribution is -1.95. The van der Waals surface area contributed by atoms with Crippen molar-refractivity contribution < 1.29 is 0 Å². The number of fused-ring (bicyclic) bond motifs is 1. The molecular formula is C14H16N4. The van der Waals surface area contributed by atoms with Crippen LogP contribution in [0.5, 0.6) is 0 Å². The Morgan fingerprint density at radius 1 is 1.39 bits per heavy atom. The first kappa shape index (κ1) is 11.0. The van der Waals surface area contributed by atoms with Crippen LogP contribution >= 0.6 is 0 Å². The minimum absolute atomic E-state index is 0.574. The number of rotatable bonds is 3. The van der Waals surface area contributed by atoms with Gasteiger partial charge in [0.1, 0.15) is 0 Å². The van der Waals surface area contributed by atoms with Crippen LogP contribution in [0.2, 0.25) is 0 Å². The number of nitrogens with one attached hydrogen (secondary N) is 1. The van der Waals surface area contributed by atoms with E-state index in [2.05, 4.69) is 34.4 Å². The Morgan fingerprint density at radius 3 is 3.00 bits per heavy atom. The van der Waals surface area contributed by atoms with Crippen molar-refractivity contribution in [3.8, 4) is 0 Å². The van der Waals surface area contributed by atoms with Crippen LogP contribution in [0.1, 0.15) is 16.8 Å². The summed E-state index contributed by atoms with van der Waals surface area (Å²) in [5.74, 6) is 0. The maximum absolute atomic E-state index is 5.65. The Morgan fingerprint density at radius 2 is 2.28 bits per heavy atom. The molecule has 2 heterocycles. The lowest BCUT2D eigenvalue weighted by atomic mass is 10.1. The Labute approximate surface area is 105 Å². The summed E-state index contributed by atoms with van der Waals surface area (Å²) in [6, 6.07) is 6.32. The van der Waals surface area contributed by atoms with E-state index in [4.69, 9.17) is 5.73 Å². The fourth-order valence-corrected chi connectivity index (χ4v) is 2.26. The van der Waals surface area contributed by atoms with Gasteiger partial charge in [0.05, 0.1) is 12.0 Å². The SMILES string of the molecule is Cn1cnc(Cc2c[nH]c3cc(CN)ccc23)c1. The van der Waals surface area contributed by atoms with E-state index in [0.29, 0.717) is 6.54 Å². The van der Waals surface area contributed by atoms with Gasteiger partial charge in [0.15, 0.2) is 0 Å². The second-order valence-corrected chi connectivity index (χ2v) is 4.61. The van der Waals surface area contributed by atoms with Gasteiger partial charge in [-0.05, 0) is 17.2 Å². The van der Waals surface area contributed by atoms with Gasteiger partial charge in [-0.1, -0.05) is 12.1 Å². The first-order valence-electron chi connectivity index (χ1n) is 6.02. The van der Waals surface area contributed by atoms with Crippen LogP contribution in [0.3, 0.4) is 0 Å². The summed E-state index contributed by atoms with van der Waals surface area (Å²) in [7, 11) is 1.99. The fourth-order valence-electron chi connectivity index (χ4n) is 2.26. The number of hydrogen-bond donors (Lipinski definition) is 2. The molecule has 0 fully saturated rings. The first-order chi connectivity index (χ1) is 8.76. The molecule has 0 aliphatic heterocycles. The van der Waals surface area contributed by atoms with Crippen molar-refractivity contribution in [1.82, 2.24) is 14.5 Å². The maximum Gasteiger partial charge on any atom is 0.0946 e. The number of benzene rings is 1. The van der Waals surface area contributed by atoms with Crippen molar-refractivity contribution in [2.45, 2.75) is 13.0 Å². The largest absolute Gasteiger partial charge is 0.361 e. The number of aryl methyl sites for hydroxylation is 1. The molecule has 0 aliphatic rings. The second kappa shape index (κ2) is 4.31. The van der Waals surface area contributed by atoms with Gasteiger partial charge >= 0.3 is 0 Å². The number of aromatic nitrogens is 3. The normalized spacial score (nSPS) is 11.2. The highest BCUT2D eigenvalue weighted by molar-refractivity contribution is 5.84. The molecule has 3 rings (SSSR count). The van der Waals surface area contributed by atoms with E-state index in [1.165, 1.54) is 10.9 Å². The van der Waals surface area contributed by atoms with Crippen LogP contribution in [0.15, 0.2) is 36.9 Å². The topological polar surface area (TPSA) is 59.6 Å². The third-order valence-corrected chi connectivity index (χ3v) is 3.20. The van der Waals surface area contributed by atoms with Gasteiger partial charge < -0.3 is 15.3 Å². The highest BCUT2D eigenvalue weighted by Crippen LogP contribution is 2.21. The number of imidazole rings is 1. The molecule has 0 saturated carbocycles. The monoisotopic (exact) mass is 240 g/mol. The lowest BCUT2D eigenvalue weighted by Gasteiger charge is -1.99. The summed E-state index contributed by atoms with van der Waals surface area (Å²) >= 11 is 0. The summed E-state index contributed by atoms with van der Waals surface area (Å²) in [6.45, 7) is 0.574. The zero-order chi connectivity index (χ0) is 12.5. The zero-order valence-electron chi connectivity index (χ0n) is 10.4. The minimum atomic E-state index is 0.574. The molecule has 0 spiro atoms. The van der Waals surface area contributed by atoms with Gasteiger partial charge in [0.2, 0.25) is 0 Å². The molecule has 1 aromatic carbocycles. The van der Waals surface area contributed by atoms with Gasteiger partial charge in [0, 0.05) is 43.3 Å². The van der Waals surface area contributed by atoms with Crippen LogP contribution in [0.4, 0.5) is 0 Å². The smallest absolute Gasteiger partial charge is 0.0946 e. The van der Waals surface area contributed by atoms with Crippen LogP contribution < -0.4 is 5.73 Å². The van der Waals surface area contributed by atoms with E-state index in [1.807, 2.05) is 24.1 Å². The maximum atomic E-state index is 5.65. The minimum Gasteiger partial charge on any atom is -0.361 e. The molecule has 0 atom stereocenters. The molecule has 3 aromatic rings. The number of H-pyrrole nitrogens is 1. The third kappa shape index (κ3) is 1.91. The van der Waals surface area contributed by atoms with Gasteiger partial charge in [-0.3, -0.25) is 0 Å². The predicted octanol–water partition coefficient (Wildman–Crippen LogP) is 1.95. The summed E-state index contributed by atoms with van der Waals surface area (Å²) in [5, 5.41) is 1.25. The highest BCUT2D eigenvalue weighted by atomic mass is 15.0. The quantitative estimate of drug-likeness (QED) is 0.735. The number of nitrogens with zero attached hydrogens (tertiary/aromatic N) is 2. The van der Waals surface area contributed by atoms with Crippen LogP contribution in [-0.4, -0.2) is 14.5 Å². The van der Waals surface area contributed by atoms with Crippen LogP contribution in [0.25, 0.3) is 10.9 Å². The molecule has 0 radical (unpaired) electrons. The first-order valence-corrected chi connectivity index (χ1v) is 6.02. The fraction of sp³-hybridized carbons (Fsp3) is 0.214. The van der Waals surface area contributed by atoms with Crippen LogP contribution in [0, 0.1) is 0 Å².